The van der Waals surface area contributed by atoms with Crippen LogP contribution in [-0.4, -0.2) is 52.6 Å². The summed E-state index contributed by atoms with van der Waals surface area (Å²) in [6, 6.07) is 12.1. The van der Waals surface area contributed by atoms with E-state index in [0.29, 0.717) is 32.4 Å². The Kier molecular flexibility index (Phi) is 8.15. The Morgan fingerprint density at radius 1 is 1.03 bits per heavy atom. The highest BCUT2D eigenvalue weighted by Gasteiger charge is 2.29. The minimum absolute atomic E-state index is 0.00164. The first-order valence-electron chi connectivity index (χ1n) is 10.9. The molecule has 0 saturated carbocycles. The lowest BCUT2D eigenvalue weighted by atomic mass is 9.97. The fraction of sp³-hybridized carbons (Fsp3) is 0.478. The highest BCUT2D eigenvalue weighted by Crippen LogP contribution is 2.28. The van der Waals surface area contributed by atoms with Gasteiger partial charge in [-0.1, -0.05) is 38.1 Å². The number of hydrogen-bond donors (Lipinski definition) is 1. The van der Waals surface area contributed by atoms with Gasteiger partial charge in [-0.2, -0.15) is 0 Å². The zero-order valence-corrected chi connectivity index (χ0v) is 20.7. The molecular weight excluding hydrogens is 467 g/mol. The van der Waals surface area contributed by atoms with Crippen LogP contribution < -0.4 is 9.46 Å². The second-order valence-corrected chi connectivity index (χ2v) is 12.4. The van der Waals surface area contributed by atoms with Crippen molar-refractivity contribution in [3.05, 3.63) is 59.9 Å². The van der Waals surface area contributed by atoms with Crippen molar-refractivity contribution in [1.82, 2.24) is 9.03 Å². The van der Waals surface area contributed by atoms with Crippen LogP contribution >= 0.6 is 0 Å². The van der Waals surface area contributed by atoms with Crippen molar-refractivity contribution in [2.24, 2.45) is 5.92 Å². The van der Waals surface area contributed by atoms with Crippen molar-refractivity contribution in [1.29, 1.82) is 0 Å². The van der Waals surface area contributed by atoms with E-state index in [9.17, 15) is 21.2 Å². The number of nitrogens with one attached hydrogen (secondary N) is 1. The van der Waals surface area contributed by atoms with Gasteiger partial charge in [-0.15, -0.1) is 0 Å². The summed E-state index contributed by atoms with van der Waals surface area (Å²) < 4.78 is 73.5. The van der Waals surface area contributed by atoms with Gasteiger partial charge in [0.1, 0.15) is 22.6 Å². The van der Waals surface area contributed by atoms with Crippen molar-refractivity contribution in [2.45, 2.75) is 50.2 Å². The van der Waals surface area contributed by atoms with Gasteiger partial charge in [-0.25, -0.2) is 30.3 Å². The van der Waals surface area contributed by atoms with Crippen LogP contribution in [0.3, 0.4) is 0 Å². The molecule has 1 heterocycles. The van der Waals surface area contributed by atoms with Crippen LogP contribution in [0.1, 0.15) is 32.3 Å². The number of piperidine rings is 1. The maximum Gasteiger partial charge on any atom is 0.244 e. The fourth-order valence-electron chi connectivity index (χ4n) is 3.78. The molecule has 1 unspecified atom stereocenters. The molecule has 1 atom stereocenters. The third-order valence-electron chi connectivity index (χ3n) is 5.78. The Hall–Kier alpha value is -2.01. The van der Waals surface area contributed by atoms with Crippen molar-refractivity contribution in [3.8, 4) is 5.75 Å². The maximum atomic E-state index is 13.3. The van der Waals surface area contributed by atoms with Crippen LogP contribution in [0.5, 0.6) is 5.75 Å². The highest BCUT2D eigenvalue weighted by molar-refractivity contribution is 7.89. The van der Waals surface area contributed by atoms with E-state index in [0.717, 1.165) is 5.56 Å². The summed E-state index contributed by atoms with van der Waals surface area (Å²) in [4.78, 5) is 0.0419. The van der Waals surface area contributed by atoms with Crippen LogP contribution in [0.2, 0.25) is 0 Å². The van der Waals surface area contributed by atoms with Crippen LogP contribution in [0.4, 0.5) is 4.39 Å². The minimum Gasteiger partial charge on any atom is -0.489 e. The molecule has 0 aromatic heterocycles. The molecule has 3 rings (SSSR count). The summed E-state index contributed by atoms with van der Waals surface area (Å²) in [5, 5.41) is 0. The van der Waals surface area contributed by atoms with Crippen LogP contribution in [0.25, 0.3) is 0 Å². The number of sulfonamides is 2. The van der Waals surface area contributed by atoms with Crippen molar-refractivity contribution in [3.63, 3.8) is 0 Å². The number of halogens is 1. The lowest BCUT2D eigenvalue weighted by Crippen LogP contribution is -2.42. The first kappa shape index (κ1) is 25.6. The van der Waals surface area contributed by atoms with E-state index in [2.05, 4.69) is 4.72 Å². The van der Waals surface area contributed by atoms with Crippen molar-refractivity contribution >= 4 is 20.0 Å². The van der Waals surface area contributed by atoms with E-state index in [-0.39, 0.29) is 28.5 Å². The molecule has 1 aliphatic heterocycles. The van der Waals surface area contributed by atoms with Gasteiger partial charge in [0.15, 0.2) is 0 Å². The van der Waals surface area contributed by atoms with Gasteiger partial charge in [-0.3, -0.25) is 0 Å². The number of rotatable bonds is 9. The molecule has 0 spiro atoms. The largest absolute Gasteiger partial charge is 0.489 e. The van der Waals surface area contributed by atoms with Gasteiger partial charge in [0.05, 0.1) is 6.26 Å². The first-order chi connectivity index (χ1) is 15.5. The lowest BCUT2D eigenvalue weighted by molar-refractivity contribution is 0.132. The van der Waals surface area contributed by atoms with Gasteiger partial charge in [0, 0.05) is 19.1 Å². The molecule has 7 nitrogen and oxygen atoms in total. The van der Waals surface area contributed by atoms with Crippen LogP contribution in [-0.2, 0) is 26.5 Å². The number of ether oxygens (including phenoxy) is 1. The number of para-hydroxylation sites is 1. The molecule has 1 fully saturated rings. The molecule has 0 aliphatic carbocycles. The Labute approximate surface area is 196 Å². The predicted octanol–water partition coefficient (Wildman–Crippen LogP) is 3.17. The Morgan fingerprint density at radius 2 is 1.64 bits per heavy atom. The molecule has 10 heteroatoms. The normalized spacial score (nSPS) is 17.2. The number of nitrogens with zero attached hydrogens (tertiary/aromatic N) is 1. The average molecular weight is 499 g/mol. The Bertz CT molecular complexity index is 1140. The zero-order chi connectivity index (χ0) is 24.2. The Morgan fingerprint density at radius 3 is 2.21 bits per heavy atom. The maximum absolute atomic E-state index is 13.3. The first-order valence-corrected chi connectivity index (χ1v) is 14.3. The van der Waals surface area contributed by atoms with E-state index in [1.165, 1.54) is 28.8 Å². The molecule has 2 aromatic carbocycles. The zero-order valence-electron chi connectivity index (χ0n) is 19.1. The van der Waals surface area contributed by atoms with Crippen LogP contribution in [0, 0.1) is 11.7 Å². The molecule has 182 valence electrons. The van der Waals surface area contributed by atoms with E-state index >= 15 is 0 Å². The Balaban J connectivity index is 1.74. The van der Waals surface area contributed by atoms with Crippen molar-refractivity contribution < 1.29 is 26.0 Å². The molecule has 0 radical (unpaired) electrons. The van der Waals surface area contributed by atoms with Gasteiger partial charge < -0.3 is 4.74 Å². The molecule has 0 amide bonds. The summed E-state index contributed by atoms with van der Waals surface area (Å²) in [5.41, 5.74) is 0.833. The summed E-state index contributed by atoms with van der Waals surface area (Å²) in [6.45, 7) is 4.52. The SMILES string of the molecule is CC(C)C(Cc1ccc(F)cc1)NS(=O)(=O)c1ccccc1OC1CCN(S(C)(=O)=O)CC1. The monoisotopic (exact) mass is 498 g/mol. The van der Waals surface area contributed by atoms with E-state index in [4.69, 9.17) is 4.74 Å². The summed E-state index contributed by atoms with van der Waals surface area (Å²) in [6.07, 6.45) is 2.28. The van der Waals surface area contributed by atoms with Gasteiger partial charge in [0.2, 0.25) is 20.0 Å². The minimum atomic E-state index is -3.90. The van der Waals surface area contributed by atoms with E-state index < -0.39 is 26.1 Å². The highest BCUT2D eigenvalue weighted by atomic mass is 32.2. The van der Waals surface area contributed by atoms with E-state index in [1.54, 1.807) is 30.3 Å². The van der Waals surface area contributed by atoms with E-state index in [1.807, 2.05) is 13.8 Å². The molecule has 1 N–H and O–H groups in total. The molecule has 1 aliphatic rings. The third-order valence-corrected chi connectivity index (χ3v) is 8.61. The fourth-order valence-corrected chi connectivity index (χ4v) is 6.18. The smallest absolute Gasteiger partial charge is 0.244 e. The molecule has 0 bridgehead atoms. The number of hydrogen-bond acceptors (Lipinski definition) is 5. The lowest BCUT2D eigenvalue weighted by Gasteiger charge is -2.31. The van der Waals surface area contributed by atoms with Gasteiger partial charge in [-0.05, 0) is 55.0 Å². The topological polar surface area (TPSA) is 92.8 Å². The quantitative estimate of drug-likeness (QED) is 0.573. The summed E-state index contributed by atoms with van der Waals surface area (Å²) >= 11 is 0. The average Bonchev–Trinajstić information content (AvgIpc) is 2.74. The molecule has 33 heavy (non-hydrogen) atoms. The standard InChI is InChI=1S/C23H31FN2O5S2/c1-17(2)21(16-18-8-10-19(24)11-9-18)25-33(29,30)23-7-5-4-6-22(23)31-20-12-14-26(15-13-20)32(3,27)28/h4-11,17,20-21,25H,12-16H2,1-3H3. The summed E-state index contributed by atoms with van der Waals surface area (Å²) in [5.74, 6) is -0.0980. The third kappa shape index (κ3) is 6.99. The number of benzene rings is 2. The second kappa shape index (κ2) is 10.5. The van der Waals surface area contributed by atoms with Crippen LogP contribution in [0.15, 0.2) is 53.4 Å². The summed E-state index contributed by atoms with van der Waals surface area (Å²) in [7, 11) is -7.16. The van der Waals surface area contributed by atoms with Gasteiger partial charge >= 0.3 is 0 Å². The van der Waals surface area contributed by atoms with Crippen molar-refractivity contribution in [2.75, 3.05) is 19.3 Å². The molecule has 1 saturated heterocycles. The molecule has 2 aromatic rings. The predicted molar refractivity (Wildman–Crippen MR) is 126 cm³/mol. The second-order valence-electron chi connectivity index (χ2n) is 8.73. The molecular formula is C23H31FN2O5S2. The van der Waals surface area contributed by atoms with Gasteiger partial charge in [0.25, 0.3) is 0 Å².